The molecule has 254 valence electrons. The van der Waals surface area contributed by atoms with Gasteiger partial charge in [-0.1, -0.05) is 121 Å². The summed E-state index contributed by atoms with van der Waals surface area (Å²) in [5.74, 6) is 0. The summed E-state index contributed by atoms with van der Waals surface area (Å²) in [5.41, 5.74) is 14.9. The highest BCUT2D eigenvalue weighted by atomic mass is 32.2. The van der Waals surface area contributed by atoms with Gasteiger partial charge in [-0.2, -0.15) is 0 Å². The van der Waals surface area contributed by atoms with Gasteiger partial charge >= 0.3 is 0 Å². The molecule has 0 radical (unpaired) electrons. The Morgan fingerprint density at radius 1 is 0.458 bits per heavy atom. The van der Waals surface area contributed by atoms with Gasteiger partial charge in [0.15, 0.2) is 0 Å². The van der Waals surface area contributed by atoms with E-state index in [1.54, 1.807) is 0 Å². The molecule has 48 heavy (non-hydrogen) atoms. The molecule has 0 saturated carbocycles. The Morgan fingerprint density at radius 2 is 0.688 bits per heavy atom. The molecule has 0 bridgehead atoms. The molecule has 5 aromatic carbocycles. The summed E-state index contributed by atoms with van der Waals surface area (Å²) in [6.45, 7) is 4.32. The predicted octanol–water partition coefficient (Wildman–Crippen LogP) is 2.46. The van der Waals surface area contributed by atoms with E-state index in [0.717, 1.165) is 32.2 Å². The molecule has 5 aromatic rings. The van der Waals surface area contributed by atoms with Crippen LogP contribution < -0.4 is 21.3 Å². The first-order chi connectivity index (χ1) is 22.7. The van der Waals surface area contributed by atoms with Crippen LogP contribution in [-0.4, -0.2) is 40.0 Å². The Bertz CT molecular complexity index is 1690. The number of nitrogens with two attached hydrogens (primary N) is 2. The molecule has 0 aliphatic carbocycles. The van der Waals surface area contributed by atoms with Gasteiger partial charge in [0.25, 0.3) is 0 Å². The van der Waals surface area contributed by atoms with E-state index in [0.29, 0.717) is 6.07 Å². The summed E-state index contributed by atoms with van der Waals surface area (Å²) >= 11 is 0. The lowest BCUT2D eigenvalue weighted by Crippen LogP contribution is -3.06. The molecule has 0 heterocycles. The highest BCUT2D eigenvalue weighted by Crippen LogP contribution is 2.27. The monoisotopic (exact) mass is 690 g/mol. The van der Waals surface area contributed by atoms with E-state index >= 15 is 0 Å². The fourth-order valence-corrected chi connectivity index (χ4v) is 6.23. The molecule has 0 aromatic heterocycles. The number of hydrogen-bond acceptors (Lipinski definition) is 8. The van der Waals surface area contributed by atoms with Crippen LogP contribution in [-0.2, 0) is 46.4 Å². The summed E-state index contributed by atoms with van der Waals surface area (Å²) in [5, 5.41) is 0. The molecule has 10 nitrogen and oxygen atoms in total. The van der Waals surface area contributed by atoms with Crippen molar-refractivity contribution in [1.29, 1.82) is 0 Å². The first-order valence-corrected chi connectivity index (χ1v) is 17.9. The number of benzene rings is 5. The van der Waals surface area contributed by atoms with Gasteiger partial charge in [-0.05, 0) is 12.1 Å². The van der Waals surface area contributed by atoms with Crippen molar-refractivity contribution in [2.75, 3.05) is 25.6 Å². The molecule has 0 aliphatic heterocycles. The highest BCUT2D eigenvalue weighted by molar-refractivity contribution is 7.86. The minimum atomic E-state index is -4.97. The minimum absolute atomic E-state index is 0.356. The normalized spacial score (nSPS) is 11.3. The van der Waals surface area contributed by atoms with Crippen molar-refractivity contribution < 1.29 is 35.7 Å². The summed E-state index contributed by atoms with van der Waals surface area (Å²) in [4.78, 5) is 1.04. The number of hydrogen-bond donors (Lipinski definition) is 4. The van der Waals surface area contributed by atoms with E-state index in [9.17, 15) is 25.9 Å². The zero-order chi connectivity index (χ0) is 35.2. The summed E-state index contributed by atoms with van der Waals surface area (Å²) in [6.07, 6.45) is 0. The summed E-state index contributed by atoms with van der Waals surface area (Å²) < 4.78 is 64.0. The summed E-state index contributed by atoms with van der Waals surface area (Å²) in [7, 11) is -5.46. The van der Waals surface area contributed by atoms with Crippen LogP contribution in [0.4, 0.5) is 11.4 Å². The second-order valence-corrected chi connectivity index (χ2v) is 14.1. The van der Waals surface area contributed by atoms with Crippen LogP contribution in [0.25, 0.3) is 0 Å². The van der Waals surface area contributed by atoms with E-state index in [4.69, 9.17) is 11.5 Å². The van der Waals surface area contributed by atoms with Crippen molar-refractivity contribution in [3.8, 4) is 0 Å². The highest BCUT2D eigenvalue weighted by Gasteiger charge is 2.14. The maximum absolute atomic E-state index is 10.7. The van der Waals surface area contributed by atoms with Crippen molar-refractivity contribution in [2.45, 2.75) is 36.0 Å². The largest absolute Gasteiger partial charge is 0.744 e. The maximum Gasteiger partial charge on any atom is 0.126 e. The average molecular weight is 691 g/mol. The minimum Gasteiger partial charge on any atom is -0.744 e. The zero-order valence-corrected chi connectivity index (χ0v) is 28.6. The molecule has 0 aliphatic rings. The Morgan fingerprint density at radius 3 is 0.896 bits per heavy atom. The predicted molar refractivity (Wildman–Crippen MR) is 186 cm³/mol. The van der Waals surface area contributed by atoms with Gasteiger partial charge in [0.1, 0.15) is 46.4 Å². The molecule has 5 rings (SSSR count). The van der Waals surface area contributed by atoms with E-state index in [1.165, 1.54) is 32.1 Å². The number of rotatable bonds is 10. The van der Waals surface area contributed by atoms with E-state index in [-0.39, 0.29) is 0 Å². The maximum atomic E-state index is 10.7. The lowest BCUT2D eigenvalue weighted by molar-refractivity contribution is -0.907. The molecule has 0 atom stereocenters. The second kappa shape index (κ2) is 18.1. The van der Waals surface area contributed by atoms with E-state index in [2.05, 4.69) is 135 Å². The number of nitrogens with one attached hydrogen (secondary N) is 2. The van der Waals surface area contributed by atoms with Crippen molar-refractivity contribution in [2.24, 2.45) is 0 Å². The molecule has 0 amide bonds. The van der Waals surface area contributed by atoms with Gasteiger partial charge in [0.05, 0.1) is 35.3 Å². The van der Waals surface area contributed by atoms with Crippen LogP contribution in [0.5, 0.6) is 0 Å². The standard InChI is InChI=1S/2C15H17N.C6H8N2O6S2/c2*1-16(12-14-8-4-2-5-9-14)13-15-10-6-3-7-11-15;7-3-1-4(8)6(16(12,13)14)2-5(3)15(9,10)11/h2*2-11H,12-13H2,1H3;1-2H,7-8H2,(H,9,10,11)(H,12,13,14). The van der Waals surface area contributed by atoms with E-state index < -0.39 is 41.4 Å². The topological polar surface area (TPSA) is 175 Å². The zero-order valence-electron chi connectivity index (χ0n) is 27.0. The van der Waals surface area contributed by atoms with Crippen molar-refractivity contribution >= 4 is 31.6 Å². The van der Waals surface area contributed by atoms with Crippen LogP contribution in [0.15, 0.2) is 143 Å². The Kier molecular flexibility index (Phi) is 14.3. The SMILES string of the molecule is C[NH+](Cc1ccccc1)Cc1ccccc1.C[NH+](Cc1ccccc1)Cc1ccccc1.Nc1cc(N)c(S(=O)(=O)[O-])cc1S(=O)(=O)[O-]. The van der Waals surface area contributed by atoms with Crippen LogP contribution in [0.2, 0.25) is 0 Å². The van der Waals surface area contributed by atoms with Crippen molar-refractivity contribution in [1.82, 2.24) is 0 Å². The van der Waals surface area contributed by atoms with E-state index in [1.807, 2.05) is 0 Å². The smallest absolute Gasteiger partial charge is 0.126 e. The molecule has 12 heteroatoms. The summed E-state index contributed by atoms with van der Waals surface area (Å²) in [6, 6.07) is 43.7. The van der Waals surface area contributed by atoms with Crippen LogP contribution in [0.3, 0.4) is 0 Å². The van der Waals surface area contributed by atoms with Crippen LogP contribution in [0, 0.1) is 0 Å². The molecule has 0 fully saturated rings. The van der Waals surface area contributed by atoms with Gasteiger partial charge in [0, 0.05) is 22.3 Å². The van der Waals surface area contributed by atoms with Gasteiger partial charge in [-0.3, -0.25) is 0 Å². The first kappa shape index (κ1) is 37.9. The second-order valence-electron chi connectivity index (χ2n) is 11.4. The molecule has 0 spiro atoms. The van der Waals surface area contributed by atoms with Gasteiger partial charge in [-0.25, -0.2) is 16.8 Å². The molecular weight excluding hydrogens is 649 g/mol. The Balaban J connectivity index is 0.000000195. The Hall–Kier alpha value is -4.56. The van der Waals surface area contributed by atoms with Crippen LogP contribution in [0.1, 0.15) is 22.3 Å². The van der Waals surface area contributed by atoms with Gasteiger partial charge in [-0.15, -0.1) is 0 Å². The first-order valence-electron chi connectivity index (χ1n) is 15.1. The quantitative estimate of drug-likeness (QED) is 0.128. The lowest BCUT2D eigenvalue weighted by Gasteiger charge is -2.15. The average Bonchev–Trinajstić information content (AvgIpc) is 3.02. The van der Waals surface area contributed by atoms with Gasteiger partial charge in [0.2, 0.25) is 0 Å². The number of nitrogen functional groups attached to an aromatic ring is 2. The number of quaternary nitrogens is 2. The third kappa shape index (κ3) is 13.3. The fourth-order valence-electron chi connectivity index (χ4n) is 4.93. The lowest BCUT2D eigenvalue weighted by atomic mass is 10.2. The fraction of sp³-hybridized carbons (Fsp3) is 0.167. The number of anilines is 2. The van der Waals surface area contributed by atoms with Gasteiger partial charge < -0.3 is 30.4 Å². The Labute approximate surface area is 283 Å². The third-order valence-corrected chi connectivity index (χ3v) is 8.86. The molecular formula is C36H42N4O6S2. The molecule has 0 unspecified atom stereocenters. The molecule has 0 saturated heterocycles. The molecule has 6 N–H and O–H groups in total. The van der Waals surface area contributed by atoms with Crippen molar-refractivity contribution in [3.63, 3.8) is 0 Å². The van der Waals surface area contributed by atoms with Crippen molar-refractivity contribution in [3.05, 3.63) is 156 Å². The van der Waals surface area contributed by atoms with Crippen LogP contribution >= 0.6 is 0 Å². The third-order valence-electron chi connectivity index (χ3n) is 7.08.